The summed E-state index contributed by atoms with van der Waals surface area (Å²) in [4.78, 5) is 52.5. The third-order valence-electron chi connectivity index (χ3n) is 7.96. The van der Waals surface area contributed by atoms with Crippen molar-refractivity contribution in [1.82, 2.24) is 0 Å². The maximum Gasteiger partial charge on any atom is 0.348 e. The first-order valence-electron chi connectivity index (χ1n) is 14.4. The van der Waals surface area contributed by atoms with Gasteiger partial charge in [0.2, 0.25) is 0 Å². The molecule has 0 saturated heterocycles. The second-order valence-corrected chi connectivity index (χ2v) is 11.3. The van der Waals surface area contributed by atoms with Gasteiger partial charge in [-0.25, -0.2) is 4.79 Å². The molecule has 2 aromatic carbocycles. The lowest BCUT2D eigenvalue weighted by Gasteiger charge is -2.28. The first-order chi connectivity index (χ1) is 21.6. The molecular formula is C35H34O11. The number of Topliss-reactive ketones (excluding diaryl/α,β-unsaturated/α-hetero) is 2. The maximum atomic E-state index is 13.4. The standard InChI is InChI=1S/C35H34O11/c1-5-17(2)12-18(3)6-9-22(38)14-25-30(35(45,19(4)36)33(43)31(25)41)24-16-27(40)26(39)15-23(24)29-32(42)28(46-34(29)44)13-20-7-10-21(37)11-8-20/h6-13,15-17,33,37,39-40,42-43,45H,5,14H2,1-4H3/b9-6+,18-12+,28-13-/t17-,33-,35+/m0/s1. The summed E-state index contributed by atoms with van der Waals surface area (Å²) < 4.78 is 5.25. The van der Waals surface area contributed by atoms with Gasteiger partial charge >= 0.3 is 5.97 Å². The van der Waals surface area contributed by atoms with Gasteiger partial charge in [0.25, 0.3) is 0 Å². The number of aliphatic hydroxyl groups is 3. The minimum Gasteiger partial charge on any atom is -0.508 e. The Morgan fingerprint density at radius 1 is 0.978 bits per heavy atom. The number of aromatic hydroxyl groups is 3. The van der Waals surface area contributed by atoms with Gasteiger partial charge in [-0.3, -0.25) is 14.4 Å². The van der Waals surface area contributed by atoms with Crippen LogP contribution in [0.2, 0.25) is 0 Å². The third-order valence-corrected chi connectivity index (χ3v) is 7.96. The molecule has 11 heteroatoms. The molecule has 0 bridgehead atoms. The van der Waals surface area contributed by atoms with Crippen LogP contribution in [0.15, 0.2) is 77.3 Å². The van der Waals surface area contributed by atoms with Crippen molar-refractivity contribution in [2.24, 2.45) is 5.92 Å². The number of esters is 1. The quantitative estimate of drug-likeness (QED) is 0.0952. The summed E-state index contributed by atoms with van der Waals surface area (Å²) in [6, 6.07) is 7.36. The molecule has 1 heterocycles. The van der Waals surface area contributed by atoms with Crippen molar-refractivity contribution in [2.45, 2.75) is 52.2 Å². The second kappa shape index (κ2) is 13.0. The molecule has 2 aliphatic rings. The van der Waals surface area contributed by atoms with E-state index in [2.05, 4.69) is 0 Å². The van der Waals surface area contributed by atoms with Crippen molar-refractivity contribution < 1.29 is 54.6 Å². The topological polar surface area (TPSA) is 199 Å². The van der Waals surface area contributed by atoms with Crippen LogP contribution in [0.25, 0.3) is 17.2 Å². The molecule has 0 unspecified atom stereocenters. The number of ether oxygens (including phenoxy) is 1. The lowest BCUT2D eigenvalue weighted by molar-refractivity contribution is -0.145. The number of phenols is 3. The van der Waals surface area contributed by atoms with Crippen molar-refractivity contribution in [1.29, 1.82) is 0 Å². The Morgan fingerprint density at radius 3 is 2.17 bits per heavy atom. The van der Waals surface area contributed by atoms with E-state index in [9.17, 15) is 49.8 Å². The molecule has 3 atom stereocenters. The Hall–Kier alpha value is -5.26. The largest absolute Gasteiger partial charge is 0.508 e. The predicted octanol–water partition coefficient (Wildman–Crippen LogP) is 4.20. The average Bonchev–Trinajstić information content (AvgIpc) is 3.38. The summed E-state index contributed by atoms with van der Waals surface area (Å²) in [5.41, 5.74) is -4.13. The number of benzene rings is 2. The highest BCUT2D eigenvalue weighted by atomic mass is 16.6. The molecular weight excluding hydrogens is 596 g/mol. The Labute approximate surface area is 264 Å². The Morgan fingerprint density at radius 2 is 1.59 bits per heavy atom. The molecule has 2 aromatic rings. The normalized spacial score (nSPS) is 21.9. The van der Waals surface area contributed by atoms with Crippen molar-refractivity contribution in [2.75, 3.05) is 0 Å². The number of ketones is 3. The smallest absolute Gasteiger partial charge is 0.348 e. The highest BCUT2D eigenvalue weighted by molar-refractivity contribution is 6.26. The van der Waals surface area contributed by atoms with E-state index < -0.39 is 81.0 Å². The van der Waals surface area contributed by atoms with Crippen LogP contribution >= 0.6 is 0 Å². The number of cyclic esters (lactones) is 1. The van der Waals surface area contributed by atoms with Gasteiger partial charge < -0.3 is 35.4 Å². The molecule has 4 rings (SSSR count). The molecule has 0 saturated carbocycles. The van der Waals surface area contributed by atoms with Crippen LogP contribution in [0.5, 0.6) is 17.2 Å². The van der Waals surface area contributed by atoms with Gasteiger partial charge in [0.05, 0.1) is 0 Å². The van der Waals surface area contributed by atoms with Crippen LogP contribution in [-0.2, 0) is 23.9 Å². The lowest BCUT2D eigenvalue weighted by Crippen LogP contribution is -2.48. The number of hydrogen-bond donors (Lipinski definition) is 6. The fourth-order valence-electron chi connectivity index (χ4n) is 5.30. The van der Waals surface area contributed by atoms with E-state index in [0.29, 0.717) is 5.56 Å². The summed E-state index contributed by atoms with van der Waals surface area (Å²) in [6.45, 7) is 6.70. The van der Waals surface area contributed by atoms with Crippen molar-refractivity contribution in [3.05, 3.63) is 94.0 Å². The zero-order valence-corrected chi connectivity index (χ0v) is 25.6. The van der Waals surface area contributed by atoms with Crippen LogP contribution in [0.3, 0.4) is 0 Å². The zero-order chi connectivity index (χ0) is 34.1. The van der Waals surface area contributed by atoms with E-state index in [4.69, 9.17) is 4.74 Å². The monoisotopic (exact) mass is 630 g/mol. The van der Waals surface area contributed by atoms with Gasteiger partial charge in [-0.05, 0) is 67.3 Å². The average molecular weight is 631 g/mol. The van der Waals surface area contributed by atoms with Crippen LogP contribution in [0.1, 0.15) is 57.2 Å². The van der Waals surface area contributed by atoms with Gasteiger partial charge in [-0.2, -0.15) is 0 Å². The summed E-state index contributed by atoms with van der Waals surface area (Å²) in [6.07, 6.45) is 3.83. The van der Waals surface area contributed by atoms with Gasteiger partial charge in [-0.1, -0.05) is 50.1 Å². The Balaban J connectivity index is 1.93. The zero-order valence-electron chi connectivity index (χ0n) is 25.6. The molecule has 1 aliphatic heterocycles. The van der Waals surface area contributed by atoms with E-state index in [1.165, 1.54) is 36.4 Å². The van der Waals surface area contributed by atoms with Gasteiger partial charge in [0.1, 0.15) is 11.3 Å². The summed E-state index contributed by atoms with van der Waals surface area (Å²) in [5, 5.41) is 64.0. The van der Waals surface area contributed by atoms with E-state index in [-0.39, 0.29) is 23.0 Å². The molecule has 1 aliphatic carbocycles. The van der Waals surface area contributed by atoms with E-state index in [1.54, 1.807) is 13.0 Å². The molecule has 0 spiro atoms. The van der Waals surface area contributed by atoms with Crippen molar-refractivity contribution in [3.8, 4) is 17.2 Å². The minimum absolute atomic E-state index is 0.0303. The first-order valence-corrected chi connectivity index (χ1v) is 14.4. The minimum atomic E-state index is -2.93. The number of rotatable bonds is 10. The Bertz CT molecular complexity index is 1790. The third kappa shape index (κ3) is 6.28. The summed E-state index contributed by atoms with van der Waals surface area (Å²) in [5.74, 6) is -6.40. The van der Waals surface area contributed by atoms with E-state index in [0.717, 1.165) is 31.1 Å². The summed E-state index contributed by atoms with van der Waals surface area (Å²) in [7, 11) is 0. The van der Waals surface area contributed by atoms with Crippen molar-refractivity contribution in [3.63, 3.8) is 0 Å². The predicted molar refractivity (Wildman–Crippen MR) is 167 cm³/mol. The number of phenolic OH excluding ortho intramolecular Hbond substituents is 3. The molecule has 0 radical (unpaired) electrons. The van der Waals surface area contributed by atoms with Gasteiger partial charge in [0, 0.05) is 23.1 Å². The molecule has 240 valence electrons. The summed E-state index contributed by atoms with van der Waals surface area (Å²) >= 11 is 0. The highest BCUT2D eigenvalue weighted by Crippen LogP contribution is 2.48. The highest BCUT2D eigenvalue weighted by Gasteiger charge is 2.56. The van der Waals surface area contributed by atoms with Crippen LogP contribution < -0.4 is 0 Å². The number of aliphatic hydroxyl groups excluding tert-OH is 2. The van der Waals surface area contributed by atoms with Gasteiger partial charge in [-0.15, -0.1) is 0 Å². The SMILES string of the molecule is CC[C@H](C)/C=C(C)/C=C/C(=O)CC1=C(c2cc(O)c(O)cc2C2=C(O)/C(=C/c3ccc(O)cc3)OC2=O)[C@](O)(C(C)=O)[C@@H](O)C1=O. The second-order valence-electron chi connectivity index (χ2n) is 11.3. The molecule has 11 nitrogen and oxygen atoms in total. The van der Waals surface area contributed by atoms with Crippen LogP contribution in [0.4, 0.5) is 0 Å². The number of carbonyl (C=O) groups is 4. The maximum absolute atomic E-state index is 13.4. The molecule has 0 aromatic heterocycles. The van der Waals surface area contributed by atoms with Crippen LogP contribution in [0, 0.1) is 5.92 Å². The first kappa shape index (κ1) is 33.6. The number of allylic oxidation sites excluding steroid dienone is 4. The Kier molecular flexibility index (Phi) is 9.50. The van der Waals surface area contributed by atoms with Gasteiger partial charge in [0.15, 0.2) is 52.1 Å². The van der Waals surface area contributed by atoms with E-state index >= 15 is 0 Å². The number of hydrogen-bond acceptors (Lipinski definition) is 11. The fraction of sp³-hybridized carbons (Fsp3) is 0.257. The number of carbonyl (C=O) groups excluding carboxylic acids is 4. The fourth-order valence-corrected chi connectivity index (χ4v) is 5.30. The van der Waals surface area contributed by atoms with Crippen LogP contribution in [-0.4, -0.2) is 65.7 Å². The van der Waals surface area contributed by atoms with E-state index in [1.807, 2.05) is 19.9 Å². The molecule has 6 N–H and O–H groups in total. The van der Waals surface area contributed by atoms with Crippen molar-refractivity contribution >= 4 is 40.5 Å². The molecule has 0 amide bonds. The lowest BCUT2D eigenvalue weighted by atomic mass is 9.81. The molecule has 0 fully saturated rings. The molecule has 46 heavy (non-hydrogen) atoms.